The third kappa shape index (κ3) is 4.75. The molecule has 1 aromatic heterocycles. The Kier molecular flexibility index (Phi) is 11.3. The Bertz CT molecular complexity index is 652. The normalized spacial score (nSPS) is 8.82. The number of methoxy groups -OCH3 is 1. The van der Waals surface area contributed by atoms with Crippen molar-refractivity contribution in [1.82, 2.24) is 9.78 Å². The van der Waals surface area contributed by atoms with E-state index in [4.69, 9.17) is 4.74 Å². The van der Waals surface area contributed by atoms with Crippen molar-refractivity contribution in [3.05, 3.63) is 53.3 Å². The Balaban J connectivity index is 0. The number of aryl methyl sites for hydroxylation is 3. The van der Waals surface area contributed by atoms with Gasteiger partial charge in [0.15, 0.2) is 5.75 Å². The molecule has 0 fully saturated rings. The van der Waals surface area contributed by atoms with Crippen molar-refractivity contribution < 1.29 is 37.4 Å². The first-order valence-corrected chi connectivity index (χ1v) is 6.74. The molecule has 0 bridgehead atoms. The van der Waals surface area contributed by atoms with Gasteiger partial charge in [0.1, 0.15) is 5.69 Å². The van der Waals surface area contributed by atoms with Crippen LogP contribution in [0.25, 0.3) is 11.1 Å². The summed E-state index contributed by atoms with van der Waals surface area (Å²) in [7, 11) is 3.21. The monoisotopic (exact) mass is 378 g/mol. The topological polar surface area (TPSA) is 44.1 Å². The fourth-order valence-corrected chi connectivity index (χ4v) is 2.10. The number of aromatic nitrogens is 2. The van der Waals surface area contributed by atoms with E-state index in [9.17, 15) is 4.79 Å². The molecular formula is C17H25N2O2Y-. The van der Waals surface area contributed by atoms with E-state index in [0.717, 1.165) is 11.1 Å². The van der Waals surface area contributed by atoms with Crippen molar-refractivity contribution in [2.24, 2.45) is 7.05 Å². The number of ether oxygens (including phenoxy) is 1. The molecule has 0 aliphatic heterocycles. The summed E-state index contributed by atoms with van der Waals surface area (Å²) < 4.78 is 6.69. The molecule has 22 heavy (non-hydrogen) atoms. The molecule has 0 saturated carbocycles. The molecule has 0 unspecified atom stereocenters. The van der Waals surface area contributed by atoms with Gasteiger partial charge in [0.05, 0.1) is 12.7 Å². The summed E-state index contributed by atoms with van der Waals surface area (Å²) in [6, 6.07) is 7.76. The van der Waals surface area contributed by atoms with Gasteiger partial charge >= 0.3 is 0 Å². The van der Waals surface area contributed by atoms with Crippen LogP contribution in [0.5, 0.6) is 5.75 Å². The van der Waals surface area contributed by atoms with E-state index < -0.39 is 0 Å². The van der Waals surface area contributed by atoms with Crippen LogP contribution < -0.4 is 10.3 Å². The van der Waals surface area contributed by atoms with Gasteiger partial charge in [0.2, 0.25) is 0 Å². The maximum atomic E-state index is 12.3. The third-order valence-corrected chi connectivity index (χ3v) is 2.98. The van der Waals surface area contributed by atoms with Gasteiger partial charge in [0.25, 0.3) is 5.56 Å². The Morgan fingerprint density at radius 1 is 1.14 bits per heavy atom. The van der Waals surface area contributed by atoms with E-state index in [2.05, 4.69) is 5.10 Å². The zero-order valence-electron chi connectivity index (χ0n) is 14.6. The van der Waals surface area contributed by atoms with E-state index in [1.807, 2.05) is 52.0 Å². The van der Waals surface area contributed by atoms with E-state index in [0.29, 0.717) is 17.0 Å². The second-order valence-corrected chi connectivity index (χ2v) is 4.24. The largest absolute Gasteiger partial charge is 0.494 e. The van der Waals surface area contributed by atoms with E-state index >= 15 is 0 Å². The van der Waals surface area contributed by atoms with Crippen molar-refractivity contribution in [1.29, 1.82) is 0 Å². The van der Waals surface area contributed by atoms with Gasteiger partial charge in [0, 0.05) is 39.8 Å². The Hall–Kier alpha value is -0.996. The molecule has 0 aliphatic rings. The van der Waals surface area contributed by atoms with Crippen LogP contribution in [0.3, 0.4) is 0 Å². The molecule has 4 nitrogen and oxygen atoms in total. The number of nitrogens with zero attached hydrogens (tertiary/aromatic N) is 2. The van der Waals surface area contributed by atoms with Gasteiger partial charge < -0.3 is 12.2 Å². The molecule has 1 aromatic carbocycles. The molecule has 2 aromatic rings. The molecule has 0 aliphatic carbocycles. The number of benzene rings is 1. The van der Waals surface area contributed by atoms with Gasteiger partial charge in [-0.2, -0.15) is 5.10 Å². The van der Waals surface area contributed by atoms with Crippen LogP contribution in [0.4, 0.5) is 0 Å². The summed E-state index contributed by atoms with van der Waals surface area (Å²) in [6.07, 6.45) is 0. The van der Waals surface area contributed by atoms with Crippen LogP contribution >= 0.6 is 0 Å². The average Bonchev–Trinajstić information content (AvgIpc) is 2.46. The molecule has 0 saturated heterocycles. The Morgan fingerprint density at radius 2 is 1.68 bits per heavy atom. The predicted octanol–water partition coefficient (Wildman–Crippen LogP) is 3.55. The summed E-state index contributed by atoms with van der Waals surface area (Å²) >= 11 is 0. The zero-order chi connectivity index (χ0) is 15.3. The minimum atomic E-state index is -0.147. The van der Waals surface area contributed by atoms with E-state index in [-0.39, 0.29) is 45.7 Å². The molecule has 0 atom stereocenters. The van der Waals surface area contributed by atoms with Gasteiger partial charge in [-0.15, -0.1) is 0 Å². The standard InChI is InChI=1S/C14H16N2O2.C2H6.CH3.Y/c1-9-7-5-6-8-11(9)12-13(18-4)10(2)15-16(3)14(12)17;1-2;;/h5-8H,1-4H3;1-2H3;1H3;/q;;-1;. The molecule has 1 radical (unpaired) electrons. The van der Waals surface area contributed by atoms with Gasteiger partial charge in [-0.05, 0) is 25.0 Å². The first-order valence-electron chi connectivity index (χ1n) is 6.74. The molecule has 5 heteroatoms. The van der Waals surface area contributed by atoms with Crippen LogP contribution in [0.1, 0.15) is 25.1 Å². The van der Waals surface area contributed by atoms with Crippen LogP contribution in [0.2, 0.25) is 0 Å². The van der Waals surface area contributed by atoms with Crippen molar-refractivity contribution >= 4 is 0 Å². The Morgan fingerprint density at radius 3 is 2.18 bits per heavy atom. The summed E-state index contributed by atoms with van der Waals surface area (Å²) in [5.41, 5.74) is 3.06. The molecule has 0 N–H and O–H groups in total. The van der Waals surface area contributed by atoms with E-state index in [1.54, 1.807) is 14.2 Å². The van der Waals surface area contributed by atoms with Crippen molar-refractivity contribution in [3.63, 3.8) is 0 Å². The molecule has 0 spiro atoms. The summed E-state index contributed by atoms with van der Waals surface area (Å²) in [5.74, 6) is 0.549. The summed E-state index contributed by atoms with van der Waals surface area (Å²) in [5, 5.41) is 4.14. The van der Waals surface area contributed by atoms with Gasteiger partial charge in [-0.25, -0.2) is 4.68 Å². The van der Waals surface area contributed by atoms with Crippen LogP contribution in [-0.2, 0) is 39.8 Å². The fourth-order valence-electron chi connectivity index (χ4n) is 2.10. The maximum Gasteiger partial charge on any atom is 0.278 e. The first-order chi connectivity index (χ1) is 9.56. The third-order valence-electron chi connectivity index (χ3n) is 2.98. The predicted molar refractivity (Wildman–Crippen MR) is 88.7 cm³/mol. The number of hydrogen-bond donors (Lipinski definition) is 0. The second kappa shape index (κ2) is 10.7. The van der Waals surface area contributed by atoms with Crippen LogP contribution in [-0.4, -0.2) is 16.9 Å². The van der Waals surface area contributed by atoms with Crippen molar-refractivity contribution in [2.45, 2.75) is 27.7 Å². The summed E-state index contributed by atoms with van der Waals surface area (Å²) in [4.78, 5) is 12.3. The quantitative estimate of drug-likeness (QED) is 0.751. The minimum Gasteiger partial charge on any atom is -0.494 e. The van der Waals surface area contributed by atoms with Crippen molar-refractivity contribution in [2.75, 3.05) is 7.11 Å². The number of rotatable bonds is 2. The molecule has 1 heterocycles. The van der Waals surface area contributed by atoms with Gasteiger partial charge in [-0.3, -0.25) is 4.79 Å². The van der Waals surface area contributed by atoms with Crippen molar-refractivity contribution in [3.8, 4) is 16.9 Å². The smallest absolute Gasteiger partial charge is 0.278 e. The first kappa shape index (κ1) is 23.3. The zero-order valence-corrected chi connectivity index (χ0v) is 17.4. The average molecular weight is 378 g/mol. The van der Waals surface area contributed by atoms with Crippen LogP contribution in [0, 0.1) is 21.3 Å². The SMILES string of the molecule is CC.COc1c(C)nn(C)c(=O)c1-c1ccccc1C.[CH3-].[Y]. The fraction of sp³-hybridized carbons (Fsp3) is 0.353. The van der Waals surface area contributed by atoms with Gasteiger partial charge in [-0.1, -0.05) is 38.1 Å². The second-order valence-electron chi connectivity index (χ2n) is 4.24. The molecular weight excluding hydrogens is 353 g/mol. The summed E-state index contributed by atoms with van der Waals surface area (Å²) in [6.45, 7) is 7.81. The number of hydrogen-bond acceptors (Lipinski definition) is 3. The molecule has 119 valence electrons. The van der Waals surface area contributed by atoms with Crippen LogP contribution in [0.15, 0.2) is 29.1 Å². The van der Waals surface area contributed by atoms with E-state index in [1.165, 1.54) is 4.68 Å². The Labute approximate surface area is 158 Å². The maximum absolute atomic E-state index is 12.3. The molecule has 0 amide bonds. The molecule has 2 rings (SSSR count). The minimum absolute atomic E-state index is 0.